The van der Waals surface area contributed by atoms with Gasteiger partial charge in [-0.2, -0.15) is 0 Å². The van der Waals surface area contributed by atoms with Crippen molar-refractivity contribution in [3.63, 3.8) is 0 Å². The van der Waals surface area contributed by atoms with Gasteiger partial charge >= 0.3 is 0 Å². The predicted octanol–water partition coefficient (Wildman–Crippen LogP) is 3.22. The molecule has 2 aliphatic heterocycles. The van der Waals surface area contributed by atoms with Crippen molar-refractivity contribution in [2.45, 2.75) is 44.9 Å². The molecule has 2 aliphatic rings. The average molecular weight is 536 g/mol. The smallest absolute Gasteiger partial charge is 0.264 e. The van der Waals surface area contributed by atoms with Gasteiger partial charge in [-0.1, -0.05) is 48.0 Å². The van der Waals surface area contributed by atoms with Gasteiger partial charge in [-0.25, -0.2) is 0 Å². The van der Waals surface area contributed by atoms with Crippen LogP contribution in [0.15, 0.2) is 60.8 Å². The first-order valence-corrected chi connectivity index (χ1v) is 13.1. The molecule has 0 unspecified atom stereocenters. The van der Waals surface area contributed by atoms with E-state index in [4.69, 9.17) is 16.7 Å². The van der Waals surface area contributed by atoms with Gasteiger partial charge in [0.1, 0.15) is 0 Å². The average Bonchev–Trinajstić information content (AvgIpc) is 3.43. The van der Waals surface area contributed by atoms with Crippen LogP contribution < -0.4 is 9.80 Å². The second-order valence-electron chi connectivity index (χ2n) is 9.73. The number of amides is 2. The highest BCUT2D eigenvalue weighted by Gasteiger charge is 2.52. The molecule has 9 nitrogen and oxygen atoms in total. The Morgan fingerprint density at radius 1 is 1.18 bits per heavy atom. The van der Waals surface area contributed by atoms with Crippen LogP contribution in [0.1, 0.15) is 36.6 Å². The number of rotatable bonds is 10. The van der Waals surface area contributed by atoms with Crippen LogP contribution in [-0.4, -0.2) is 50.2 Å². The zero-order valence-electron chi connectivity index (χ0n) is 21.1. The van der Waals surface area contributed by atoms with E-state index in [1.807, 2.05) is 43.3 Å². The number of benzene rings is 2. The number of carbonyl (C=O) groups is 2. The summed E-state index contributed by atoms with van der Waals surface area (Å²) < 4.78 is 1.70. The summed E-state index contributed by atoms with van der Waals surface area (Å²) in [6.45, 7) is 3.43. The number of hydrogen-bond acceptors (Lipinski definition) is 6. The maximum absolute atomic E-state index is 13.7. The first-order chi connectivity index (χ1) is 18.3. The van der Waals surface area contributed by atoms with E-state index in [1.165, 1.54) is 0 Å². The molecule has 0 bridgehead atoms. The minimum Gasteiger partial charge on any atom is -0.396 e. The Kier molecular flexibility index (Phi) is 7.34. The largest absolute Gasteiger partial charge is 0.396 e. The third kappa shape index (κ3) is 4.84. The van der Waals surface area contributed by atoms with E-state index < -0.39 is 17.4 Å². The lowest BCUT2D eigenvalue weighted by atomic mass is 9.83. The van der Waals surface area contributed by atoms with Gasteiger partial charge in [0.15, 0.2) is 5.60 Å². The number of aliphatic hydroxyl groups is 2. The molecule has 2 amide bonds. The van der Waals surface area contributed by atoms with Gasteiger partial charge < -0.3 is 20.0 Å². The minimum absolute atomic E-state index is 0.0240. The number of hydrogen-bond donors (Lipinski definition) is 2. The standard InChI is InChI=1S/C28H30ClN5O4/c1-19(4-2-3-13-32-18-22(12-15-35)30-31-32)28(38)24-16-21(29)7-10-25(24)34(27(28)37)17-20-5-8-23(9-6-20)33-14-11-26(33)36/h2,4-10,16,18-19,35,38H,3,11-15,17H2,1H3/b4-2+/t19-,28+/m0/s1. The Bertz CT molecular complexity index is 1370. The Morgan fingerprint density at radius 2 is 1.97 bits per heavy atom. The number of aromatic nitrogens is 3. The van der Waals surface area contributed by atoms with Crippen molar-refractivity contribution in [2.24, 2.45) is 5.92 Å². The second-order valence-corrected chi connectivity index (χ2v) is 10.2. The summed E-state index contributed by atoms with van der Waals surface area (Å²) in [6.07, 6.45) is 7.23. The molecule has 1 fully saturated rings. The summed E-state index contributed by atoms with van der Waals surface area (Å²) in [6, 6.07) is 12.7. The van der Waals surface area contributed by atoms with Crippen molar-refractivity contribution in [1.82, 2.24) is 15.0 Å². The molecule has 0 radical (unpaired) electrons. The van der Waals surface area contributed by atoms with Gasteiger partial charge in [0.25, 0.3) is 5.91 Å². The third-order valence-electron chi connectivity index (χ3n) is 7.23. The molecule has 38 heavy (non-hydrogen) atoms. The van der Waals surface area contributed by atoms with Crippen molar-refractivity contribution in [3.05, 3.63) is 82.7 Å². The number of carbonyl (C=O) groups excluding carboxylic acids is 2. The lowest BCUT2D eigenvalue weighted by Crippen LogP contribution is -2.44. The van der Waals surface area contributed by atoms with E-state index in [1.54, 1.807) is 38.9 Å². The quantitative estimate of drug-likeness (QED) is 0.304. The summed E-state index contributed by atoms with van der Waals surface area (Å²) in [5, 5.41) is 29.4. The van der Waals surface area contributed by atoms with Crippen LogP contribution in [0.2, 0.25) is 5.02 Å². The summed E-state index contributed by atoms with van der Waals surface area (Å²) in [5.41, 5.74) is 1.81. The van der Waals surface area contributed by atoms with E-state index in [0.717, 1.165) is 23.5 Å². The van der Waals surface area contributed by atoms with Gasteiger partial charge in [0, 0.05) is 60.9 Å². The first-order valence-electron chi connectivity index (χ1n) is 12.7. The molecule has 2 atom stereocenters. The highest BCUT2D eigenvalue weighted by atomic mass is 35.5. The Balaban J connectivity index is 1.31. The van der Waals surface area contributed by atoms with Crippen LogP contribution in [0.3, 0.4) is 0 Å². The zero-order chi connectivity index (χ0) is 26.9. The fourth-order valence-electron chi connectivity index (χ4n) is 4.95. The van der Waals surface area contributed by atoms with Gasteiger partial charge in [0.05, 0.1) is 17.9 Å². The minimum atomic E-state index is -1.76. The van der Waals surface area contributed by atoms with Crippen molar-refractivity contribution in [3.8, 4) is 0 Å². The number of nitrogens with zero attached hydrogens (tertiary/aromatic N) is 5. The number of β-lactam (4-membered cyclic amide) rings is 1. The Morgan fingerprint density at radius 3 is 2.66 bits per heavy atom. The van der Waals surface area contributed by atoms with Crippen LogP contribution in [0.5, 0.6) is 0 Å². The Labute approximate surface area is 225 Å². The topological polar surface area (TPSA) is 112 Å². The number of allylic oxidation sites excluding steroid dienone is 1. The molecule has 0 spiro atoms. The molecule has 198 valence electrons. The first kappa shape index (κ1) is 26.1. The van der Waals surface area contributed by atoms with E-state index in [-0.39, 0.29) is 19.1 Å². The monoisotopic (exact) mass is 535 g/mol. The molecular weight excluding hydrogens is 506 g/mol. The molecule has 1 saturated heterocycles. The van der Waals surface area contributed by atoms with Crippen LogP contribution >= 0.6 is 11.6 Å². The van der Waals surface area contributed by atoms with E-state index in [0.29, 0.717) is 42.1 Å². The van der Waals surface area contributed by atoms with Crippen LogP contribution in [0.25, 0.3) is 0 Å². The van der Waals surface area contributed by atoms with Crippen molar-refractivity contribution in [1.29, 1.82) is 0 Å². The number of aryl methyl sites for hydroxylation is 1. The maximum atomic E-state index is 13.7. The third-order valence-corrected chi connectivity index (χ3v) is 7.47. The van der Waals surface area contributed by atoms with Gasteiger partial charge in [-0.15, -0.1) is 5.10 Å². The number of fused-ring (bicyclic) bond motifs is 1. The SMILES string of the molecule is C[C@@H](/C=C/CCn1cc(CCO)nn1)[C@]1(O)C(=O)N(Cc2ccc(N3CCC3=O)cc2)c2ccc(Cl)cc21. The van der Waals surface area contributed by atoms with Gasteiger partial charge in [-0.3, -0.25) is 14.3 Å². The van der Waals surface area contributed by atoms with Gasteiger partial charge in [-0.05, 0) is 42.3 Å². The predicted molar refractivity (Wildman–Crippen MR) is 144 cm³/mol. The van der Waals surface area contributed by atoms with Crippen molar-refractivity contribution < 1.29 is 19.8 Å². The van der Waals surface area contributed by atoms with Gasteiger partial charge in [0.2, 0.25) is 5.91 Å². The molecule has 1 aromatic heterocycles. The summed E-state index contributed by atoms with van der Waals surface area (Å²) >= 11 is 6.29. The number of aliphatic hydroxyl groups excluding tert-OH is 1. The van der Waals surface area contributed by atoms with E-state index in [9.17, 15) is 14.7 Å². The summed E-state index contributed by atoms with van der Waals surface area (Å²) in [5.74, 6) is -0.810. The van der Waals surface area contributed by atoms with Crippen molar-refractivity contribution >= 4 is 34.8 Å². The van der Waals surface area contributed by atoms with Crippen LogP contribution in [0, 0.1) is 5.92 Å². The number of anilines is 2. The molecule has 10 heteroatoms. The Hall–Kier alpha value is -3.53. The zero-order valence-corrected chi connectivity index (χ0v) is 21.9. The molecule has 5 rings (SSSR count). The molecule has 0 saturated carbocycles. The maximum Gasteiger partial charge on any atom is 0.264 e. The van der Waals surface area contributed by atoms with E-state index in [2.05, 4.69) is 10.3 Å². The molecule has 2 aromatic carbocycles. The van der Waals surface area contributed by atoms with Crippen molar-refractivity contribution in [2.75, 3.05) is 23.0 Å². The molecule has 3 aromatic rings. The van der Waals surface area contributed by atoms with Crippen LogP contribution in [-0.2, 0) is 34.7 Å². The lowest BCUT2D eigenvalue weighted by molar-refractivity contribution is -0.139. The lowest BCUT2D eigenvalue weighted by Gasteiger charge is -2.31. The highest BCUT2D eigenvalue weighted by Crippen LogP contribution is 2.46. The fraction of sp³-hybridized carbons (Fsp3) is 0.357. The van der Waals surface area contributed by atoms with Crippen LogP contribution in [0.4, 0.5) is 11.4 Å². The second kappa shape index (κ2) is 10.7. The highest BCUT2D eigenvalue weighted by molar-refractivity contribution is 6.31. The summed E-state index contributed by atoms with van der Waals surface area (Å²) in [4.78, 5) is 28.8. The fourth-order valence-corrected chi connectivity index (χ4v) is 5.12. The summed E-state index contributed by atoms with van der Waals surface area (Å²) in [7, 11) is 0. The molecule has 0 aliphatic carbocycles. The molecule has 3 heterocycles. The normalized spacial score (nSPS) is 19.8. The molecule has 2 N–H and O–H groups in total. The van der Waals surface area contributed by atoms with E-state index >= 15 is 0 Å². The molecular formula is C28H30ClN5O4. The number of halogens is 1.